The van der Waals surface area contributed by atoms with E-state index in [2.05, 4.69) is 11.9 Å². The number of halogens is 3. The number of hydrogen-bond donors (Lipinski definition) is 0. The maximum Gasteiger partial charge on any atom is 0.316 e. The number of carbonyl (C=O) groups is 1. The Hall–Kier alpha value is -1.26. The summed E-state index contributed by atoms with van der Waals surface area (Å²) in [5, 5.41) is 0.958. The molecule has 1 heterocycles. The lowest BCUT2D eigenvalue weighted by Gasteiger charge is -2.39. The van der Waals surface area contributed by atoms with E-state index in [1.807, 2.05) is 36.4 Å². The van der Waals surface area contributed by atoms with Crippen LogP contribution >= 0.6 is 35.6 Å². The lowest BCUT2D eigenvalue weighted by Crippen LogP contribution is -2.47. The van der Waals surface area contributed by atoms with E-state index < -0.39 is 5.41 Å². The highest BCUT2D eigenvalue weighted by Gasteiger charge is 2.44. The summed E-state index contributed by atoms with van der Waals surface area (Å²) in [5.74, 6) is -0.192. The van der Waals surface area contributed by atoms with Crippen LogP contribution in [0.2, 0.25) is 10.0 Å². The Balaban J connectivity index is 0.00000243. The van der Waals surface area contributed by atoms with Crippen molar-refractivity contribution in [2.75, 3.05) is 20.1 Å². The molecule has 1 aliphatic heterocycles. The van der Waals surface area contributed by atoms with Crippen LogP contribution in [-0.4, -0.2) is 31.0 Å². The molecule has 2 aromatic rings. The number of hydrogen-bond acceptors (Lipinski definition) is 3. The van der Waals surface area contributed by atoms with Crippen molar-refractivity contribution in [1.29, 1.82) is 0 Å². The minimum atomic E-state index is -0.671. The molecule has 0 unspecified atom stereocenters. The molecule has 0 aromatic heterocycles. The number of likely N-dealkylation sites (tertiary alicyclic amines) is 1. The summed E-state index contributed by atoms with van der Waals surface area (Å²) in [6, 6.07) is 15.2. The molecule has 140 valence electrons. The average molecular weight is 415 g/mol. The molecule has 0 radical (unpaired) electrons. The van der Waals surface area contributed by atoms with Gasteiger partial charge in [0.15, 0.2) is 0 Å². The number of piperidine rings is 1. The van der Waals surface area contributed by atoms with Gasteiger partial charge < -0.3 is 9.64 Å². The van der Waals surface area contributed by atoms with Crippen molar-refractivity contribution in [3.05, 3.63) is 69.7 Å². The van der Waals surface area contributed by atoms with Gasteiger partial charge in [-0.1, -0.05) is 59.6 Å². The van der Waals surface area contributed by atoms with Gasteiger partial charge in [-0.25, -0.2) is 0 Å². The predicted octanol–water partition coefficient (Wildman–Crippen LogP) is 5.12. The normalized spacial score (nSPS) is 16.6. The summed E-state index contributed by atoms with van der Waals surface area (Å²) < 4.78 is 5.70. The van der Waals surface area contributed by atoms with Crippen molar-refractivity contribution in [1.82, 2.24) is 4.90 Å². The van der Waals surface area contributed by atoms with Gasteiger partial charge in [-0.05, 0) is 56.2 Å². The van der Waals surface area contributed by atoms with Crippen molar-refractivity contribution in [3.8, 4) is 0 Å². The van der Waals surface area contributed by atoms with Crippen LogP contribution in [0.4, 0.5) is 0 Å². The molecule has 0 bridgehead atoms. The summed E-state index contributed by atoms with van der Waals surface area (Å²) in [6.07, 6.45) is 1.41. The fourth-order valence-electron chi connectivity index (χ4n) is 3.27. The van der Waals surface area contributed by atoms with Crippen LogP contribution in [0.1, 0.15) is 24.0 Å². The molecule has 0 atom stereocenters. The maximum atomic E-state index is 13.1. The lowest BCUT2D eigenvalue weighted by atomic mass is 9.73. The summed E-state index contributed by atoms with van der Waals surface area (Å²) >= 11 is 12.3. The van der Waals surface area contributed by atoms with Crippen molar-refractivity contribution in [2.24, 2.45) is 0 Å². The Morgan fingerprint density at radius 3 is 2.35 bits per heavy atom. The highest BCUT2D eigenvalue weighted by atomic mass is 35.5. The number of carbonyl (C=O) groups excluding carboxylic acids is 1. The molecule has 26 heavy (non-hydrogen) atoms. The van der Waals surface area contributed by atoms with E-state index in [0.29, 0.717) is 22.9 Å². The minimum absolute atomic E-state index is 0. The largest absolute Gasteiger partial charge is 0.460 e. The van der Waals surface area contributed by atoms with E-state index in [9.17, 15) is 4.79 Å². The molecule has 0 spiro atoms. The summed E-state index contributed by atoms with van der Waals surface area (Å²) in [4.78, 5) is 15.3. The van der Waals surface area contributed by atoms with Gasteiger partial charge >= 0.3 is 5.97 Å². The number of esters is 1. The van der Waals surface area contributed by atoms with Gasteiger partial charge in [0.05, 0.1) is 15.5 Å². The molecule has 0 N–H and O–H groups in total. The summed E-state index contributed by atoms with van der Waals surface area (Å²) in [5.41, 5.74) is 1.19. The first-order valence-corrected chi connectivity index (χ1v) is 9.12. The summed E-state index contributed by atoms with van der Waals surface area (Å²) in [6.45, 7) is 1.94. The second kappa shape index (κ2) is 9.09. The molecule has 3 nitrogen and oxygen atoms in total. The second-order valence-corrected chi connectivity index (χ2v) is 7.39. The van der Waals surface area contributed by atoms with Crippen molar-refractivity contribution < 1.29 is 9.53 Å². The van der Waals surface area contributed by atoms with E-state index in [1.165, 1.54) is 0 Å². The molecule has 1 saturated heterocycles. The first kappa shape index (κ1) is 21.0. The average Bonchev–Trinajstić information content (AvgIpc) is 2.64. The zero-order chi connectivity index (χ0) is 17.9. The topological polar surface area (TPSA) is 29.5 Å². The number of ether oxygens (including phenoxy) is 1. The zero-order valence-corrected chi connectivity index (χ0v) is 16.9. The van der Waals surface area contributed by atoms with Gasteiger partial charge in [0.1, 0.15) is 6.61 Å². The Morgan fingerprint density at radius 2 is 1.73 bits per heavy atom. The Kier molecular flexibility index (Phi) is 7.36. The van der Waals surface area contributed by atoms with Crippen molar-refractivity contribution in [3.63, 3.8) is 0 Å². The molecule has 0 saturated carbocycles. The first-order valence-electron chi connectivity index (χ1n) is 8.36. The Labute approximate surface area is 170 Å². The molecule has 0 amide bonds. The zero-order valence-electron chi connectivity index (χ0n) is 14.6. The van der Waals surface area contributed by atoms with Crippen LogP contribution in [0.5, 0.6) is 0 Å². The van der Waals surface area contributed by atoms with E-state index in [0.717, 1.165) is 24.2 Å². The van der Waals surface area contributed by atoms with Crippen LogP contribution in [0.25, 0.3) is 0 Å². The van der Waals surface area contributed by atoms with Crippen LogP contribution in [0, 0.1) is 0 Å². The van der Waals surface area contributed by atoms with Gasteiger partial charge in [-0.15, -0.1) is 12.4 Å². The third kappa shape index (κ3) is 4.52. The lowest BCUT2D eigenvalue weighted by molar-refractivity contribution is -0.154. The van der Waals surface area contributed by atoms with E-state index in [1.54, 1.807) is 12.1 Å². The van der Waals surface area contributed by atoms with Gasteiger partial charge in [0, 0.05) is 0 Å². The minimum Gasteiger partial charge on any atom is -0.460 e. The van der Waals surface area contributed by atoms with Gasteiger partial charge in [-0.2, -0.15) is 0 Å². The van der Waals surface area contributed by atoms with Crippen LogP contribution in [0.15, 0.2) is 48.5 Å². The number of benzene rings is 2. The quantitative estimate of drug-likeness (QED) is 0.650. The van der Waals surface area contributed by atoms with Gasteiger partial charge in [0.25, 0.3) is 0 Å². The number of rotatable bonds is 4. The van der Waals surface area contributed by atoms with Gasteiger partial charge in [-0.3, -0.25) is 4.79 Å². The first-order chi connectivity index (χ1) is 12.0. The molecule has 2 aromatic carbocycles. The molecule has 0 aliphatic carbocycles. The molecular weight excluding hydrogens is 393 g/mol. The van der Waals surface area contributed by atoms with Crippen LogP contribution < -0.4 is 0 Å². The van der Waals surface area contributed by atoms with Crippen molar-refractivity contribution >= 4 is 41.6 Å². The molecule has 1 fully saturated rings. The van der Waals surface area contributed by atoms with E-state index >= 15 is 0 Å². The highest BCUT2D eigenvalue weighted by Crippen LogP contribution is 2.39. The number of nitrogens with zero attached hydrogens (tertiary/aromatic N) is 1. The smallest absolute Gasteiger partial charge is 0.316 e. The summed E-state index contributed by atoms with van der Waals surface area (Å²) in [7, 11) is 2.06. The van der Waals surface area contributed by atoms with E-state index in [4.69, 9.17) is 27.9 Å². The van der Waals surface area contributed by atoms with Crippen molar-refractivity contribution in [2.45, 2.75) is 24.9 Å². The fraction of sp³-hybridized carbons (Fsp3) is 0.350. The third-order valence-electron chi connectivity index (χ3n) is 4.92. The van der Waals surface area contributed by atoms with E-state index in [-0.39, 0.29) is 25.0 Å². The maximum absolute atomic E-state index is 13.1. The molecule has 6 heteroatoms. The Bertz CT molecular complexity index is 744. The Morgan fingerprint density at radius 1 is 1.08 bits per heavy atom. The third-order valence-corrected chi connectivity index (χ3v) is 5.66. The van der Waals surface area contributed by atoms with Gasteiger partial charge in [0.2, 0.25) is 0 Å². The van der Waals surface area contributed by atoms with Crippen LogP contribution in [-0.2, 0) is 21.6 Å². The van der Waals surface area contributed by atoms with Crippen LogP contribution in [0.3, 0.4) is 0 Å². The molecular formula is C20H22Cl3NO2. The second-order valence-electron chi connectivity index (χ2n) is 6.58. The predicted molar refractivity (Wildman–Crippen MR) is 108 cm³/mol. The highest BCUT2D eigenvalue weighted by molar-refractivity contribution is 6.42. The fourth-order valence-corrected chi connectivity index (χ4v) is 3.56. The molecule has 3 rings (SSSR count). The monoisotopic (exact) mass is 413 g/mol. The molecule has 1 aliphatic rings. The standard InChI is InChI=1S/C20H21Cl2NO2.ClH/c1-23-11-9-20(10-12-23,16-7-8-17(21)18(22)13-16)19(24)25-14-15-5-3-2-4-6-15;/h2-8,13H,9-12,14H2,1H3;1H. The SMILES string of the molecule is CN1CCC(C(=O)OCc2ccccc2)(c2ccc(Cl)c(Cl)c2)CC1.Cl.